The average molecular weight is 398 g/mol. The molecule has 0 N–H and O–H groups in total. The molecule has 0 spiro atoms. The van der Waals surface area contributed by atoms with Gasteiger partial charge in [-0.1, -0.05) is 5.16 Å². The Balaban J connectivity index is 1.71. The summed E-state index contributed by atoms with van der Waals surface area (Å²) in [6.07, 6.45) is 0.376. The van der Waals surface area contributed by atoms with E-state index in [0.717, 1.165) is 22.8 Å². The first-order valence-electron chi connectivity index (χ1n) is 7.93. The molecule has 0 bridgehead atoms. The maximum Gasteiger partial charge on any atom is 0.293 e. The molecule has 2 aliphatic rings. The van der Waals surface area contributed by atoms with Crippen molar-refractivity contribution in [2.45, 2.75) is 11.0 Å². The predicted octanol–water partition coefficient (Wildman–Crippen LogP) is 0.511. The van der Waals surface area contributed by atoms with Gasteiger partial charge in [0.1, 0.15) is 19.3 Å². The van der Waals surface area contributed by atoms with E-state index in [1.54, 1.807) is 0 Å². The van der Waals surface area contributed by atoms with Gasteiger partial charge in [-0.25, -0.2) is 8.42 Å². The molecule has 0 unspecified atom stereocenters. The largest absolute Gasteiger partial charge is 0.486 e. The van der Waals surface area contributed by atoms with Gasteiger partial charge in [-0.3, -0.25) is 10.1 Å². The second-order valence-corrected chi connectivity index (χ2v) is 7.64. The zero-order chi connectivity index (χ0) is 19.0. The molecule has 144 valence electrons. The van der Waals surface area contributed by atoms with E-state index >= 15 is 0 Å². The van der Waals surface area contributed by atoms with Crippen molar-refractivity contribution >= 4 is 15.7 Å². The summed E-state index contributed by atoms with van der Waals surface area (Å²) in [5.41, 5.74) is -0.582. The summed E-state index contributed by atoms with van der Waals surface area (Å²) >= 11 is 0. The van der Waals surface area contributed by atoms with Crippen LogP contribution in [0, 0.1) is 10.1 Å². The van der Waals surface area contributed by atoms with Crippen LogP contribution in [0.25, 0.3) is 0 Å². The van der Waals surface area contributed by atoms with E-state index in [-0.39, 0.29) is 50.2 Å². The standard InChI is InChI=1S/C14H14N4O8S/c19-18(20)9-5-10-11(25-4-3-24-10)6-13(9)27(21,22)17-1-2-23-12(7-17)14-15-8-26-16-14/h5-6,8,12H,1-4,7H2/t12-/m1/s1. The van der Waals surface area contributed by atoms with Gasteiger partial charge in [0.2, 0.25) is 22.2 Å². The smallest absolute Gasteiger partial charge is 0.293 e. The van der Waals surface area contributed by atoms with Crippen molar-refractivity contribution in [2.75, 3.05) is 32.9 Å². The zero-order valence-corrected chi connectivity index (χ0v) is 14.6. The van der Waals surface area contributed by atoms with Crippen molar-refractivity contribution in [1.29, 1.82) is 0 Å². The number of rotatable bonds is 4. The second-order valence-electron chi connectivity index (χ2n) is 5.73. The minimum Gasteiger partial charge on any atom is -0.486 e. The molecule has 0 saturated carbocycles. The summed E-state index contributed by atoms with van der Waals surface area (Å²) < 4.78 is 48.2. The van der Waals surface area contributed by atoms with Crippen LogP contribution >= 0.6 is 0 Å². The minimum atomic E-state index is -4.21. The Hall–Kier alpha value is -2.77. The molecule has 1 fully saturated rings. The van der Waals surface area contributed by atoms with Crippen molar-refractivity contribution in [3.63, 3.8) is 0 Å². The van der Waals surface area contributed by atoms with Gasteiger partial charge in [0.05, 0.1) is 17.6 Å². The number of ether oxygens (including phenoxy) is 3. The molecule has 27 heavy (non-hydrogen) atoms. The van der Waals surface area contributed by atoms with Gasteiger partial charge in [-0.2, -0.15) is 9.29 Å². The molecule has 12 nitrogen and oxygen atoms in total. The Morgan fingerprint density at radius 2 is 1.93 bits per heavy atom. The van der Waals surface area contributed by atoms with Crippen molar-refractivity contribution in [3.8, 4) is 11.5 Å². The Labute approximate surface area is 152 Å². The lowest BCUT2D eigenvalue weighted by Crippen LogP contribution is -2.42. The summed E-state index contributed by atoms with van der Waals surface area (Å²) in [7, 11) is -4.21. The number of nitro groups is 1. The molecule has 4 rings (SSSR count). The van der Waals surface area contributed by atoms with Crippen LogP contribution in [0.15, 0.2) is 27.9 Å². The third-order valence-electron chi connectivity index (χ3n) is 4.13. The number of sulfonamides is 1. The maximum atomic E-state index is 13.1. The molecule has 1 saturated heterocycles. The number of hydrogen-bond donors (Lipinski definition) is 0. The summed E-state index contributed by atoms with van der Waals surface area (Å²) in [4.78, 5) is 14.1. The fourth-order valence-electron chi connectivity index (χ4n) is 2.87. The molecule has 0 amide bonds. The Morgan fingerprint density at radius 1 is 1.19 bits per heavy atom. The van der Waals surface area contributed by atoms with Crippen LogP contribution < -0.4 is 9.47 Å². The highest BCUT2D eigenvalue weighted by Gasteiger charge is 2.38. The molecule has 1 aromatic carbocycles. The van der Waals surface area contributed by atoms with E-state index in [0.29, 0.717) is 0 Å². The average Bonchev–Trinajstić information content (AvgIpc) is 3.22. The van der Waals surface area contributed by atoms with Crippen LogP contribution in [-0.2, 0) is 14.8 Å². The normalized spacial score (nSPS) is 20.4. The zero-order valence-electron chi connectivity index (χ0n) is 13.8. The number of hydrogen-bond acceptors (Lipinski definition) is 10. The Kier molecular flexibility index (Phi) is 4.41. The Morgan fingerprint density at radius 3 is 2.59 bits per heavy atom. The predicted molar refractivity (Wildman–Crippen MR) is 85.8 cm³/mol. The molecule has 13 heteroatoms. The van der Waals surface area contributed by atoms with Gasteiger partial charge < -0.3 is 18.7 Å². The fourth-order valence-corrected chi connectivity index (χ4v) is 4.45. The molecule has 1 atom stereocenters. The van der Waals surface area contributed by atoms with E-state index in [1.165, 1.54) is 0 Å². The SMILES string of the molecule is O=[N+]([O-])c1cc2c(cc1S(=O)(=O)N1CCO[C@@H](c3ncon3)C1)OCCO2. The molecule has 1 aromatic heterocycles. The monoisotopic (exact) mass is 398 g/mol. The first-order valence-corrected chi connectivity index (χ1v) is 9.37. The van der Waals surface area contributed by atoms with Gasteiger partial charge in [0.15, 0.2) is 16.4 Å². The van der Waals surface area contributed by atoms with Crippen LogP contribution in [0.1, 0.15) is 11.9 Å². The lowest BCUT2D eigenvalue weighted by Gasteiger charge is -2.30. The van der Waals surface area contributed by atoms with Crippen molar-refractivity contribution in [3.05, 3.63) is 34.5 Å². The van der Waals surface area contributed by atoms with Crippen LogP contribution in [0.2, 0.25) is 0 Å². The van der Waals surface area contributed by atoms with E-state index < -0.39 is 31.6 Å². The van der Waals surface area contributed by atoms with E-state index in [2.05, 4.69) is 14.7 Å². The third-order valence-corrected chi connectivity index (χ3v) is 6.03. The number of nitro benzene ring substituents is 1. The summed E-state index contributed by atoms with van der Waals surface area (Å²) in [5.74, 6) is 0.485. The van der Waals surface area contributed by atoms with Crippen LogP contribution in [-0.4, -0.2) is 60.7 Å². The minimum absolute atomic E-state index is 0.0300. The lowest BCUT2D eigenvalue weighted by atomic mass is 10.2. The van der Waals surface area contributed by atoms with E-state index in [1.807, 2.05) is 0 Å². The summed E-state index contributed by atoms with van der Waals surface area (Å²) in [6, 6.07) is 2.19. The topological polar surface area (TPSA) is 147 Å². The highest BCUT2D eigenvalue weighted by molar-refractivity contribution is 7.89. The van der Waals surface area contributed by atoms with Crippen LogP contribution in [0.3, 0.4) is 0 Å². The Bertz CT molecular complexity index is 962. The number of aromatic nitrogens is 2. The number of nitrogens with zero attached hydrogens (tertiary/aromatic N) is 4. The molecule has 2 aliphatic heterocycles. The molecular weight excluding hydrogens is 384 g/mol. The number of morpholine rings is 1. The highest BCUT2D eigenvalue weighted by atomic mass is 32.2. The maximum absolute atomic E-state index is 13.1. The molecule has 0 aliphatic carbocycles. The summed E-state index contributed by atoms with van der Waals surface area (Å²) in [6.45, 7) is 0.459. The van der Waals surface area contributed by atoms with Gasteiger partial charge in [0.25, 0.3) is 5.69 Å². The van der Waals surface area contributed by atoms with Crippen LogP contribution in [0.4, 0.5) is 5.69 Å². The van der Waals surface area contributed by atoms with Gasteiger partial charge in [-0.05, 0) is 0 Å². The second kappa shape index (κ2) is 6.75. The first kappa shape index (κ1) is 17.6. The molecule has 2 aromatic rings. The fraction of sp³-hybridized carbons (Fsp3) is 0.429. The lowest BCUT2D eigenvalue weighted by molar-refractivity contribution is -0.388. The number of benzene rings is 1. The van der Waals surface area contributed by atoms with Gasteiger partial charge in [0, 0.05) is 19.2 Å². The molecule has 3 heterocycles. The first-order chi connectivity index (χ1) is 13.0. The van der Waals surface area contributed by atoms with Crippen molar-refractivity contribution in [1.82, 2.24) is 14.4 Å². The van der Waals surface area contributed by atoms with Crippen molar-refractivity contribution in [2.24, 2.45) is 0 Å². The van der Waals surface area contributed by atoms with Crippen molar-refractivity contribution < 1.29 is 32.1 Å². The quantitative estimate of drug-likeness (QED) is 0.527. The van der Waals surface area contributed by atoms with Gasteiger partial charge in [-0.15, -0.1) is 0 Å². The number of fused-ring (bicyclic) bond motifs is 1. The summed E-state index contributed by atoms with van der Waals surface area (Å²) in [5, 5.41) is 15.1. The molecule has 0 radical (unpaired) electrons. The highest BCUT2D eigenvalue weighted by Crippen LogP contribution is 2.40. The third kappa shape index (κ3) is 3.20. The molecular formula is C14H14N4O8S. The van der Waals surface area contributed by atoms with Gasteiger partial charge >= 0.3 is 0 Å². The van der Waals surface area contributed by atoms with E-state index in [4.69, 9.17) is 14.2 Å². The van der Waals surface area contributed by atoms with E-state index in [9.17, 15) is 18.5 Å². The van der Waals surface area contributed by atoms with Crippen LogP contribution in [0.5, 0.6) is 11.5 Å².